The molecule has 0 radical (unpaired) electrons. The third kappa shape index (κ3) is 3.23. The second-order valence-corrected chi connectivity index (χ2v) is 6.52. The molecule has 84 valence electrons. The van der Waals surface area contributed by atoms with Crippen LogP contribution in [-0.4, -0.2) is 17.8 Å². The first-order valence-corrected chi connectivity index (χ1v) is 7.59. The maximum Gasteiger partial charge on any atom is 0.0601 e. The maximum absolute atomic E-state index is 3.63. The molecular formula is C12H19NS2. The van der Waals surface area contributed by atoms with E-state index in [1.165, 1.54) is 29.9 Å². The van der Waals surface area contributed by atoms with Crippen molar-refractivity contribution in [1.82, 2.24) is 5.32 Å². The van der Waals surface area contributed by atoms with Crippen LogP contribution in [0.3, 0.4) is 0 Å². The first kappa shape index (κ1) is 11.5. The molecule has 1 aromatic rings. The van der Waals surface area contributed by atoms with E-state index in [-0.39, 0.29) is 0 Å². The van der Waals surface area contributed by atoms with Gasteiger partial charge in [-0.25, -0.2) is 0 Å². The van der Waals surface area contributed by atoms with Crippen molar-refractivity contribution in [3.63, 3.8) is 0 Å². The van der Waals surface area contributed by atoms with Gasteiger partial charge in [-0.15, -0.1) is 23.1 Å². The molecule has 1 saturated carbocycles. The topological polar surface area (TPSA) is 12.0 Å². The molecule has 1 N–H and O–H groups in total. The predicted molar refractivity (Wildman–Crippen MR) is 69.9 cm³/mol. The van der Waals surface area contributed by atoms with Gasteiger partial charge in [0.2, 0.25) is 0 Å². The van der Waals surface area contributed by atoms with E-state index in [0.29, 0.717) is 0 Å². The molecule has 0 aromatic carbocycles. The minimum Gasteiger partial charge on any atom is -0.313 e. The molecule has 3 heteroatoms. The van der Waals surface area contributed by atoms with Gasteiger partial charge in [-0.05, 0) is 30.8 Å². The van der Waals surface area contributed by atoms with Crippen LogP contribution in [0.4, 0.5) is 0 Å². The molecule has 0 saturated heterocycles. The van der Waals surface area contributed by atoms with Crippen LogP contribution < -0.4 is 5.32 Å². The number of thiophene rings is 1. The molecule has 2 rings (SSSR count). The summed E-state index contributed by atoms with van der Waals surface area (Å²) in [7, 11) is 0. The van der Waals surface area contributed by atoms with Gasteiger partial charge in [0.05, 0.1) is 4.21 Å². The number of nitrogens with one attached hydrogen (secondary N) is 1. The Balaban J connectivity index is 1.92. The zero-order valence-electron chi connectivity index (χ0n) is 9.24. The van der Waals surface area contributed by atoms with Crippen molar-refractivity contribution in [1.29, 1.82) is 0 Å². The van der Waals surface area contributed by atoms with Crippen molar-refractivity contribution in [3.05, 3.63) is 17.5 Å². The fourth-order valence-corrected chi connectivity index (χ4v) is 4.56. The van der Waals surface area contributed by atoms with Crippen molar-refractivity contribution < 1.29 is 0 Å². The minimum absolute atomic E-state index is 0.732. The van der Waals surface area contributed by atoms with E-state index < -0.39 is 0 Å². The van der Waals surface area contributed by atoms with E-state index >= 15 is 0 Å². The summed E-state index contributed by atoms with van der Waals surface area (Å²) < 4.78 is 1.48. The fourth-order valence-electron chi connectivity index (χ4n) is 2.21. The Kier molecular flexibility index (Phi) is 4.54. The maximum atomic E-state index is 3.63. The van der Waals surface area contributed by atoms with Crippen LogP contribution in [0, 0.1) is 0 Å². The Morgan fingerprint density at radius 3 is 3.07 bits per heavy atom. The van der Waals surface area contributed by atoms with Crippen molar-refractivity contribution >= 4 is 23.1 Å². The van der Waals surface area contributed by atoms with Crippen molar-refractivity contribution in [2.75, 3.05) is 6.54 Å². The molecule has 0 bridgehead atoms. The summed E-state index contributed by atoms with van der Waals surface area (Å²) in [5.41, 5.74) is 0. The van der Waals surface area contributed by atoms with Crippen LogP contribution in [0.2, 0.25) is 0 Å². The van der Waals surface area contributed by atoms with Gasteiger partial charge in [-0.3, -0.25) is 0 Å². The highest BCUT2D eigenvalue weighted by Gasteiger charge is 2.25. The van der Waals surface area contributed by atoms with Crippen molar-refractivity contribution in [3.8, 4) is 0 Å². The summed E-state index contributed by atoms with van der Waals surface area (Å²) in [6.45, 7) is 3.31. The van der Waals surface area contributed by atoms with Gasteiger partial charge >= 0.3 is 0 Å². The molecule has 1 aliphatic carbocycles. The van der Waals surface area contributed by atoms with Gasteiger partial charge in [-0.2, -0.15) is 0 Å². The summed E-state index contributed by atoms with van der Waals surface area (Å²) >= 11 is 3.95. The zero-order chi connectivity index (χ0) is 10.5. The van der Waals surface area contributed by atoms with E-state index in [0.717, 1.165) is 17.8 Å². The van der Waals surface area contributed by atoms with Gasteiger partial charge in [0.25, 0.3) is 0 Å². The Labute approximate surface area is 101 Å². The second kappa shape index (κ2) is 5.92. The van der Waals surface area contributed by atoms with Crippen LogP contribution in [-0.2, 0) is 0 Å². The quantitative estimate of drug-likeness (QED) is 0.861. The molecule has 1 fully saturated rings. The van der Waals surface area contributed by atoms with Crippen molar-refractivity contribution in [2.45, 2.75) is 48.1 Å². The molecule has 0 spiro atoms. The SMILES string of the molecule is CCNC1CCCCC1Sc1cccs1. The van der Waals surface area contributed by atoms with Crippen LogP contribution >= 0.6 is 23.1 Å². The van der Waals surface area contributed by atoms with Gasteiger partial charge in [0.1, 0.15) is 0 Å². The highest BCUT2D eigenvalue weighted by atomic mass is 32.2. The Bertz CT molecular complexity index is 269. The van der Waals surface area contributed by atoms with E-state index in [2.05, 4.69) is 41.5 Å². The first-order valence-electron chi connectivity index (χ1n) is 5.83. The number of hydrogen-bond donors (Lipinski definition) is 1. The predicted octanol–water partition coefficient (Wildman–Crippen LogP) is 3.76. The van der Waals surface area contributed by atoms with E-state index in [1.54, 1.807) is 0 Å². The molecule has 0 amide bonds. The average molecular weight is 241 g/mol. The molecule has 1 aliphatic rings. The lowest BCUT2D eigenvalue weighted by atomic mass is 9.95. The standard InChI is InChI=1S/C12H19NS2/c1-2-13-10-6-3-4-7-11(10)15-12-8-5-9-14-12/h5,8-11,13H,2-4,6-7H2,1H3. The van der Waals surface area contributed by atoms with Crippen LogP contribution in [0.1, 0.15) is 32.6 Å². The Hall–Kier alpha value is 0.01000. The van der Waals surface area contributed by atoms with E-state index in [9.17, 15) is 0 Å². The molecule has 0 aliphatic heterocycles. The molecule has 1 nitrogen and oxygen atoms in total. The van der Waals surface area contributed by atoms with Crippen LogP contribution in [0.15, 0.2) is 21.7 Å². The lowest BCUT2D eigenvalue weighted by molar-refractivity contribution is 0.391. The fraction of sp³-hybridized carbons (Fsp3) is 0.667. The van der Waals surface area contributed by atoms with Gasteiger partial charge in [0.15, 0.2) is 0 Å². The van der Waals surface area contributed by atoms with Crippen LogP contribution in [0.5, 0.6) is 0 Å². The summed E-state index contributed by atoms with van der Waals surface area (Å²) in [6.07, 6.45) is 5.54. The Morgan fingerprint density at radius 1 is 1.47 bits per heavy atom. The third-order valence-corrected chi connectivity index (χ3v) is 5.41. The van der Waals surface area contributed by atoms with Gasteiger partial charge in [0, 0.05) is 11.3 Å². The summed E-state index contributed by atoms with van der Waals surface area (Å²) in [6, 6.07) is 5.13. The summed E-state index contributed by atoms with van der Waals surface area (Å²) in [5, 5.41) is 6.59. The first-order chi connectivity index (χ1) is 7.40. The molecule has 2 unspecified atom stereocenters. The average Bonchev–Trinajstić information content (AvgIpc) is 2.74. The molecule has 15 heavy (non-hydrogen) atoms. The molecular weight excluding hydrogens is 222 g/mol. The smallest absolute Gasteiger partial charge is 0.0601 e. The number of rotatable bonds is 4. The normalized spacial score (nSPS) is 26.7. The highest BCUT2D eigenvalue weighted by molar-refractivity contribution is 8.01. The van der Waals surface area contributed by atoms with Crippen molar-refractivity contribution in [2.24, 2.45) is 0 Å². The molecule has 2 atom stereocenters. The molecule has 1 aromatic heterocycles. The number of thioether (sulfide) groups is 1. The lowest BCUT2D eigenvalue weighted by Gasteiger charge is -2.31. The summed E-state index contributed by atoms with van der Waals surface area (Å²) in [4.78, 5) is 0. The van der Waals surface area contributed by atoms with Gasteiger partial charge < -0.3 is 5.32 Å². The third-order valence-electron chi connectivity index (χ3n) is 2.93. The van der Waals surface area contributed by atoms with Gasteiger partial charge in [-0.1, -0.05) is 25.8 Å². The second-order valence-electron chi connectivity index (χ2n) is 4.04. The largest absolute Gasteiger partial charge is 0.313 e. The highest BCUT2D eigenvalue weighted by Crippen LogP contribution is 2.35. The van der Waals surface area contributed by atoms with E-state index in [4.69, 9.17) is 0 Å². The van der Waals surface area contributed by atoms with Crippen LogP contribution in [0.25, 0.3) is 0 Å². The van der Waals surface area contributed by atoms with E-state index in [1.807, 2.05) is 11.3 Å². The molecule has 1 heterocycles. The zero-order valence-corrected chi connectivity index (χ0v) is 10.9. The number of hydrogen-bond acceptors (Lipinski definition) is 3. The Morgan fingerprint density at radius 2 is 2.33 bits per heavy atom. The monoisotopic (exact) mass is 241 g/mol. The summed E-state index contributed by atoms with van der Waals surface area (Å²) in [5.74, 6) is 0. The minimum atomic E-state index is 0.732. The lowest BCUT2D eigenvalue weighted by Crippen LogP contribution is -2.40.